The van der Waals surface area contributed by atoms with Gasteiger partial charge in [0, 0.05) is 11.9 Å². The number of rotatable bonds is 0. The van der Waals surface area contributed by atoms with Gasteiger partial charge in [0.05, 0.1) is 0 Å². The molecule has 0 spiro atoms. The van der Waals surface area contributed by atoms with Crippen molar-refractivity contribution in [3.8, 4) is 0 Å². The minimum atomic E-state index is -1.08. The van der Waals surface area contributed by atoms with Crippen molar-refractivity contribution in [1.82, 2.24) is 6.15 Å². The molecule has 5 nitrogen and oxygen atoms in total. The molecule has 0 fully saturated rings. The third kappa shape index (κ3) is 1070. The van der Waals surface area contributed by atoms with Gasteiger partial charge in [-0.05, 0) is 13.8 Å². The van der Waals surface area contributed by atoms with Crippen LogP contribution in [0.15, 0.2) is 0 Å². The van der Waals surface area contributed by atoms with Crippen molar-refractivity contribution in [2.45, 2.75) is 13.8 Å². The molecule has 0 bridgehead atoms. The van der Waals surface area contributed by atoms with E-state index >= 15 is 0 Å². The van der Waals surface area contributed by atoms with Crippen LogP contribution in [0.25, 0.3) is 0 Å². The maximum absolute atomic E-state index is 8.89. The SMILES string of the molecule is CC(=O)[O-].CC(=O)[O-].N.[Na+].[Na+]. The van der Waals surface area contributed by atoms with Gasteiger partial charge in [0.15, 0.2) is 0 Å². The Bertz CT molecular complexity index is 78.1. The molecule has 0 aromatic heterocycles. The van der Waals surface area contributed by atoms with E-state index in [-0.39, 0.29) is 65.3 Å². The second kappa shape index (κ2) is 22.4. The maximum Gasteiger partial charge on any atom is 1.00 e. The Morgan fingerprint density at radius 2 is 0.909 bits per heavy atom. The number of carboxylic acid groups (broad SMARTS) is 2. The van der Waals surface area contributed by atoms with Crippen molar-refractivity contribution in [2.75, 3.05) is 0 Å². The number of carbonyl (C=O) groups is 2. The van der Waals surface area contributed by atoms with Gasteiger partial charge in [-0.25, -0.2) is 0 Å². The molecule has 0 heterocycles. The number of carbonyl (C=O) groups excluding carboxylic acids is 2. The first-order valence-electron chi connectivity index (χ1n) is 1.82. The van der Waals surface area contributed by atoms with Crippen LogP contribution in [-0.4, -0.2) is 11.9 Å². The monoisotopic (exact) mass is 181 g/mol. The van der Waals surface area contributed by atoms with E-state index in [0.717, 1.165) is 13.8 Å². The molecule has 56 valence electrons. The molecule has 0 aliphatic rings. The summed E-state index contributed by atoms with van der Waals surface area (Å²) in [5, 5.41) is 17.8. The van der Waals surface area contributed by atoms with Crippen molar-refractivity contribution >= 4 is 11.9 Å². The Morgan fingerprint density at radius 1 is 0.909 bits per heavy atom. The Kier molecular flexibility index (Phi) is 60.6. The molecule has 0 aromatic rings. The van der Waals surface area contributed by atoms with Crippen molar-refractivity contribution < 1.29 is 78.9 Å². The van der Waals surface area contributed by atoms with Crippen LogP contribution in [0.5, 0.6) is 0 Å². The summed E-state index contributed by atoms with van der Waals surface area (Å²) in [5.41, 5.74) is 0. The first-order chi connectivity index (χ1) is 3.46. The van der Waals surface area contributed by atoms with Gasteiger partial charge in [-0.2, -0.15) is 0 Å². The summed E-state index contributed by atoms with van der Waals surface area (Å²) >= 11 is 0. The van der Waals surface area contributed by atoms with E-state index < -0.39 is 11.9 Å². The van der Waals surface area contributed by atoms with Crippen molar-refractivity contribution in [3.05, 3.63) is 0 Å². The molecule has 7 heteroatoms. The molecule has 0 radical (unpaired) electrons. The van der Waals surface area contributed by atoms with Gasteiger partial charge in [0.1, 0.15) is 0 Å². The summed E-state index contributed by atoms with van der Waals surface area (Å²) in [6, 6.07) is 0. The average Bonchev–Trinajstić information content (AvgIpc) is 1.25. The molecule has 0 aromatic carbocycles. The molecule has 0 saturated carbocycles. The standard InChI is InChI=1S/2C2H4O2.H3N.2Na/c2*1-2(3)4;;;/h2*1H3,(H,3,4);1H3;;/q;;;2*+1/p-2. The minimum Gasteiger partial charge on any atom is -0.550 e. The first kappa shape index (κ1) is 29.7. The van der Waals surface area contributed by atoms with Crippen LogP contribution in [0.4, 0.5) is 0 Å². The fourth-order valence-corrected chi connectivity index (χ4v) is 0. The van der Waals surface area contributed by atoms with Crippen LogP contribution in [0.2, 0.25) is 0 Å². The molecule has 11 heavy (non-hydrogen) atoms. The van der Waals surface area contributed by atoms with E-state index in [1.54, 1.807) is 0 Å². The summed E-state index contributed by atoms with van der Waals surface area (Å²) in [6.07, 6.45) is 0. The molecule has 0 aliphatic carbocycles. The summed E-state index contributed by atoms with van der Waals surface area (Å²) in [4.78, 5) is 17.8. The van der Waals surface area contributed by atoms with Crippen LogP contribution in [0, 0.1) is 0 Å². The second-order valence-corrected chi connectivity index (χ2v) is 0.983. The van der Waals surface area contributed by atoms with Crippen molar-refractivity contribution in [3.63, 3.8) is 0 Å². The summed E-state index contributed by atoms with van der Waals surface area (Å²) in [6.45, 7) is 1.94. The smallest absolute Gasteiger partial charge is 0.550 e. The van der Waals surface area contributed by atoms with Crippen LogP contribution < -0.4 is 75.5 Å². The number of hydrogen-bond acceptors (Lipinski definition) is 5. The van der Waals surface area contributed by atoms with E-state index in [2.05, 4.69) is 0 Å². The molecular weight excluding hydrogens is 172 g/mol. The molecule has 0 saturated heterocycles. The molecule has 3 N–H and O–H groups in total. The van der Waals surface area contributed by atoms with Crippen LogP contribution >= 0.6 is 0 Å². The van der Waals surface area contributed by atoms with Gasteiger partial charge in [-0.3, -0.25) is 0 Å². The summed E-state index contributed by atoms with van der Waals surface area (Å²) in [7, 11) is 0. The number of carboxylic acids is 2. The zero-order valence-electron chi connectivity index (χ0n) is 7.34. The molecule has 0 amide bonds. The van der Waals surface area contributed by atoms with Gasteiger partial charge < -0.3 is 26.0 Å². The topological polar surface area (TPSA) is 115 Å². The van der Waals surface area contributed by atoms with Crippen molar-refractivity contribution in [2.24, 2.45) is 0 Å². The third-order valence-corrected chi connectivity index (χ3v) is 0. The molecule has 0 unspecified atom stereocenters. The van der Waals surface area contributed by atoms with Crippen molar-refractivity contribution in [1.29, 1.82) is 0 Å². The Morgan fingerprint density at radius 3 is 0.909 bits per heavy atom. The van der Waals surface area contributed by atoms with E-state index in [0.29, 0.717) is 0 Å². The Labute approximate surface area is 110 Å². The Balaban J connectivity index is -0.0000000171. The largest absolute Gasteiger partial charge is 1.00 e. The number of hydrogen-bond donors (Lipinski definition) is 1. The maximum atomic E-state index is 8.89. The fourth-order valence-electron chi connectivity index (χ4n) is 0. The predicted octanol–water partition coefficient (Wildman–Crippen LogP) is -8.32. The van der Waals surface area contributed by atoms with Gasteiger partial charge in [0.2, 0.25) is 0 Å². The summed E-state index contributed by atoms with van der Waals surface area (Å²) in [5.74, 6) is -2.17. The van der Waals surface area contributed by atoms with E-state index in [1.807, 2.05) is 0 Å². The normalized spacial score (nSPS) is 4.55. The third-order valence-electron chi connectivity index (χ3n) is 0. The molecule has 0 aliphatic heterocycles. The van der Waals surface area contributed by atoms with Gasteiger partial charge >= 0.3 is 59.1 Å². The predicted molar refractivity (Wildman–Crippen MR) is 26.4 cm³/mol. The van der Waals surface area contributed by atoms with Crippen LogP contribution in [0.3, 0.4) is 0 Å². The van der Waals surface area contributed by atoms with E-state index in [1.165, 1.54) is 0 Å². The van der Waals surface area contributed by atoms with Crippen LogP contribution in [-0.2, 0) is 9.59 Å². The molecular formula is C4H9NNa2O4. The fraction of sp³-hybridized carbons (Fsp3) is 0.500. The zero-order valence-corrected chi connectivity index (χ0v) is 11.3. The van der Waals surface area contributed by atoms with Gasteiger partial charge in [-0.15, -0.1) is 0 Å². The van der Waals surface area contributed by atoms with E-state index in [4.69, 9.17) is 19.8 Å². The number of aliphatic carboxylic acids is 2. The first-order valence-corrected chi connectivity index (χ1v) is 1.82. The average molecular weight is 181 g/mol. The second-order valence-electron chi connectivity index (χ2n) is 0.983. The molecule has 0 rings (SSSR count). The van der Waals surface area contributed by atoms with Crippen LogP contribution in [0.1, 0.15) is 13.8 Å². The van der Waals surface area contributed by atoms with Gasteiger partial charge in [-0.1, -0.05) is 0 Å². The molecule has 0 atom stereocenters. The Hall–Kier alpha value is 0.900. The quantitative estimate of drug-likeness (QED) is 0.372. The van der Waals surface area contributed by atoms with E-state index in [9.17, 15) is 0 Å². The van der Waals surface area contributed by atoms with Gasteiger partial charge in [0.25, 0.3) is 0 Å². The minimum absolute atomic E-state index is 0. The zero-order chi connectivity index (χ0) is 7.15. The summed E-state index contributed by atoms with van der Waals surface area (Å²) < 4.78 is 0.